The van der Waals surface area contributed by atoms with Gasteiger partial charge in [-0.3, -0.25) is 4.79 Å². The maximum Gasteiger partial charge on any atom is 0.419 e. The average molecular weight is 484 g/mol. The van der Waals surface area contributed by atoms with E-state index in [0.717, 1.165) is 11.0 Å². The van der Waals surface area contributed by atoms with Gasteiger partial charge in [0.2, 0.25) is 5.95 Å². The van der Waals surface area contributed by atoms with Crippen LogP contribution < -0.4 is 5.32 Å². The van der Waals surface area contributed by atoms with Crippen LogP contribution in [0.5, 0.6) is 0 Å². The molecule has 0 aliphatic rings. The lowest BCUT2D eigenvalue weighted by Gasteiger charge is -2.30. The first-order valence-electron chi connectivity index (χ1n) is 9.86. The molecule has 3 aromatic rings. The van der Waals surface area contributed by atoms with Gasteiger partial charge in [0.1, 0.15) is 5.82 Å². The monoisotopic (exact) mass is 484 g/mol. The first-order chi connectivity index (χ1) is 16.1. The van der Waals surface area contributed by atoms with E-state index in [9.17, 15) is 31.1 Å². The van der Waals surface area contributed by atoms with Crippen molar-refractivity contribution >= 4 is 11.9 Å². The van der Waals surface area contributed by atoms with Crippen LogP contribution in [0.25, 0.3) is 11.4 Å². The minimum atomic E-state index is -4.62. The van der Waals surface area contributed by atoms with Gasteiger partial charge in [0.25, 0.3) is 12.3 Å². The van der Waals surface area contributed by atoms with Crippen LogP contribution in [0.1, 0.15) is 22.8 Å². The fourth-order valence-electron chi connectivity index (χ4n) is 3.04. The van der Waals surface area contributed by atoms with E-state index in [1.165, 1.54) is 37.5 Å². The van der Waals surface area contributed by atoms with Crippen LogP contribution in [0.4, 0.5) is 32.3 Å². The third-order valence-electron chi connectivity index (χ3n) is 4.70. The molecular formula is C21H18F6N6O. The second-order valence-electron chi connectivity index (χ2n) is 7.11. The molecule has 0 radical (unpaired) electrons. The molecule has 13 heteroatoms. The number of anilines is 1. The van der Waals surface area contributed by atoms with Gasteiger partial charge in [-0.25, -0.2) is 33.1 Å². The standard InChI is InChI=1S/C21H18F6N6O/c1-12(8-30-20-31-9-13(10-32-20)21(25,26)27)33(11-16(23)24)19(34)17-14(4-2-5-15(17)22)18-28-6-3-7-29-18/h2-7,9-10,12,16H,8,11H2,1H3,(H,30,31,32)/t12-/m0/s1. The molecule has 0 fully saturated rings. The van der Waals surface area contributed by atoms with Gasteiger partial charge in [-0.2, -0.15) is 13.2 Å². The number of nitrogens with zero attached hydrogens (tertiary/aromatic N) is 5. The Labute approximate surface area is 189 Å². The van der Waals surface area contributed by atoms with Gasteiger partial charge in [-0.1, -0.05) is 12.1 Å². The predicted molar refractivity (Wildman–Crippen MR) is 109 cm³/mol. The predicted octanol–water partition coefficient (Wildman–Crippen LogP) is 4.30. The van der Waals surface area contributed by atoms with Crippen molar-refractivity contribution in [2.45, 2.75) is 25.6 Å². The van der Waals surface area contributed by atoms with Crippen LogP contribution in [0.2, 0.25) is 0 Å². The molecule has 0 bridgehead atoms. The van der Waals surface area contributed by atoms with Crippen LogP contribution in [0, 0.1) is 5.82 Å². The zero-order valence-electron chi connectivity index (χ0n) is 17.6. The Morgan fingerprint density at radius 2 is 1.71 bits per heavy atom. The summed E-state index contributed by atoms with van der Waals surface area (Å²) in [4.78, 5) is 29.0. The highest BCUT2D eigenvalue weighted by atomic mass is 19.4. The molecule has 1 atom stereocenters. The van der Waals surface area contributed by atoms with Crippen molar-refractivity contribution in [3.63, 3.8) is 0 Å². The normalized spacial score (nSPS) is 12.5. The van der Waals surface area contributed by atoms with Gasteiger partial charge >= 0.3 is 6.18 Å². The van der Waals surface area contributed by atoms with Crippen LogP contribution in [0.3, 0.4) is 0 Å². The van der Waals surface area contributed by atoms with Crippen molar-refractivity contribution in [1.82, 2.24) is 24.8 Å². The van der Waals surface area contributed by atoms with Gasteiger partial charge in [0.15, 0.2) is 5.82 Å². The Balaban J connectivity index is 1.84. The van der Waals surface area contributed by atoms with Gasteiger partial charge in [-0.05, 0) is 19.1 Å². The molecule has 1 N–H and O–H groups in total. The molecule has 1 amide bonds. The van der Waals surface area contributed by atoms with Crippen LogP contribution in [-0.4, -0.2) is 56.3 Å². The summed E-state index contributed by atoms with van der Waals surface area (Å²) in [5, 5.41) is 2.60. The molecule has 0 unspecified atom stereocenters. The molecule has 0 spiro atoms. The summed E-state index contributed by atoms with van der Waals surface area (Å²) >= 11 is 0. The Morgan fingerprint density at radius 1 is 1.06 bits per heavy atom. The number of amides is 1. The molecule has 0 saturated carbocycles. The van der Waals surface area contributed by atoms with Crippen LogP contribution in [0.15, 0.2) is 49.1 Å². The van der Waals surface area contributed by atoms with Crippen molar-refractivity contribution in [2.75, 3.05) is 18.4 Å². The van der Waals surface area contributed by atoms with Gasteiger partial charge in [-0.15, -0.1) is 0 Å². The Bertz CT molecular complexity index is 1110. The van der Waals surface area contributed by atoms with Crippen LogP contribution >= 0.6 is 0 Å². The first kappa shape index (κ1) is 24.9. The quantitative estimate of drug-likeness (QED) is 0.480. The molecule has 2 heterocycles. The second kappa shape index (κ2) is 10.4. The van der Waals surface area contributed by atoms with Gasteiger partial charge in [0.05, 0.1) is 17.7 Å². The van der Waals surface area contributed by atoms with Crippen LogP contribution in [-0.2, 0) is 6.18 Å². The molecule has 0 saturated heterocycles. The smallest absolute Gasteiger partial charge is 0.352 e. The Hall–Kier alpha value is -3.77. The van der Waals surface area contributed by atoms with Gasteiger partial charge in [0, 0.05) is 42.9 Å². The number of benzene rings is 1. The third kappa shape index (κ3) is 5.97. The highest BCUT2D eigenvalue weighted by Crippen LogP contribution is 2.28. The van der Waals surface area contributed by atoms with Crippen molar-refractivity contribution in [3.05, 3.63) is 66.0 Å². The maximum atomic E-state index is 14.7. The Kier molecular flexibility index (Phi) is 7.64. The SMILES string of the molecule is C[C@@H](CNc1ncc(C(F)(F)F)cn1)N(CC(F)F)C(=O)c1c(F)cccc1-c1ncccn1. The lowest BCUT2D eigenvalue weighted by molar-refractivity contribution is -0.138. The van der Waals surface area contributed by atoms with E-state index >= 15 is 0 Å². The molecule has 3 rings (SSSR count). The molecule has 1 aromatic carbocycles. The minimum Gasteiger partial charge on any atom is -0.352 e. The van der Waals surface area contributed by atoms with Crippen molar-refractivity contribution in [3.8, 4) is 11.4 Å². The van der Waals surface area contributed by atoms with Gasteiger partial charge < -0.3 is 10.2 Å². The summed E-state index contributed by atoms with van der Waals surface area (Å²) in [5.74, 6) is -2.14. The first-order valence-corrected chi connectivity index (χ1v) is 9.86. The molecule has 180 valence electrons. The molecule has 0 aliphatic heterocycles. The van der Waals surface area contributed by atoms with E-state index < -0.39 is 48.0 Å². The van der Waals surface area contributed by atoms with Crippen molar-refractivity contribution < 1.29 is 31.1 Å². The Morgan fingerprint density at radius 3 is 2.29 bits per heavy atom. The third-order valence-corrected chi connectivity index (χ3v) is 4.70. The zero-order chi connectivity index (χ0) is 24.9. The number of nitrogens with one attached hydrogen (secondary N) is 1. The summed E-state index contributed by atoms with van der Waals surface area (Å²) in [6.45, 7) is 0.200. The number of carbonyl (C=O) groups excluding carboxylic acids is 1. The molecule has 34 heavy (non-hydrogen) atoms. The average Bonchev–Trinajstić information content (AvgIpc) is 2.80. The summed E-state index contributed by atoms with van der Waals surface area (Å²) in [6.07, 6.45) is -3.66. The summed E-state index contributed by atoms with van der Waals surface area (Å²) in [5.41, 5.74) is -1.51. The fourth-order valence-corrected chi connectivity index (χ4v) is 3.04. The lowest BCUT2D eigenvalue weighted by Crippen LogP contribution is -2.45. The summed E-state index contributed by atoms with van der Waals surface area (Å²) in [7, 11) is 0. The zero-order valence-corrected chi connectivity index (χ0v) is 17.6. The number of halogens is 6. The van der Waals surface area contributed by atoms with E-state index in [4.69, 9.17) is 0 Å². The number of aromatic nitrogens is 4. The maximum absolute atomic E-state index is 14.7. The molecule has 2 aromatic heterocycles. The van der Waals surface area contributed by atoms with Crippen molar-refractivity contribution in [1.29, 1.82) is 0 Å². The number of rotatable bonds is 8. The topological polar surface area (TPSA) is 83.9 Å². The highest BCUT2D eigenvalue weighted by molar-refractivity contribution is 6.00. The number of hydrogen-bond acceptors (Lipinski definition) is 6. The number of carbonyl (C=O) groups is 1. The highest BCUT2D eigenvalue weighted by Gasteiger charge is 2.32. The number of alkyl halides is 5. The second-order valence-corrected chi connectivity index (χ2v) is 7.11. The van der Waals surface area contributed by atoms with E-state index in [2.05, 4.69) is 25.3 Å². The van der Waals surface area contributed by atoms with E-state index in [1.807, 2.05) is 0 Å². The molecule has 7 nitrogen and oxygen atoms in total. The minimum absolute atomic E-state index is 0.0242. The van der Waals surface area contributed by atoms with E-state index in [0.29, 0.717) is 12.4 Å². The van der Waals surface area contributed by atoms with Crippen molar-refractivity contribution in [2.24, 2.45) is 0 Å². The fraction of sp³-hybridized carbons (Fsp3) is 0.286. The number of hydrogen-bond donors (Lipinski definition) is 1. The lowest BCUT2D eigenvalue weighted by atomic mass is 10.0. The summed E-state index contributed by atoms with van der Waals surface area (Å²) in [6, 6.07) is 4.31. The molecule has 0 aliphatic carbocycles. The van der Waals surface area contributed by atoms with E-state index in [1.54, 1.807) is 0 Å². The largest absolute Gasteiger partial charge is 0.419 e. The molecular weight excluding hydrogens is 466 g/mol. The summed E-state index contributed by atoms with van der Waals surface area (Å²) < 4.78 is 79.2. The van der Waals surface area contributed by atoms with E-state index in [-0.39, 0.29) is 23.9 Å².